The van der Waals surface area contributed by atoms with Crippen LogP contribution in [0, 0.1) is 5.92 Å². The maximum atomic E-state index is 10.8. The summed E-state index contributed by atoms with van der Waals surface area (Å²) in [4.78, 5) is 10.8. The summed E-state index contributed by atoms with van der Waals surface area (Å²) >= 11 is 0. The van der Waals surface area contributed by atoms with Gasteiger partial charge in [-0.1, -0.05) is 13.8 Å². The van der Waals surface area contributed by atoms with E-state index in [0.717, 1.165) is 19.4 Å². The maximum absolute atomic E-state index is 10.8. The minimum absolute atomic E-state index is 0.0132. The molecule has 0 unspecified atom stereocenters. The highest BCUT2D eigenvalue weighted by Gasteiger charge is 2.43. The third kappa shape index (κ3) is 3.77. The van der Waals surface area contributed by atoms with Gasteiger partial charge in [0.1, 0.15) is 0 Å². The minimum atomic E-state index is -0.0132. The zero-order chi connectivity index (χ0) is 9.90. The molecule has 0 bridgehead atoms. The van der Waals surface area contributed by atoms with Crippen molar-refractivity contribution in [2.45, 2.75) is 39.2 Å². The standard InChI is InChI=1S/C10H19NO2/c1-8(2)6-13-7-10(4-5-10)11-9(3)12/h8H,4-7H2,1-3H3,(H,11,12). The van der Waals surface area contributed by atoms with Crippen LogP contribution < -0.4 is 5.32 Å². The topological polar surface area (TPSA) is 38.3 Å². The molecule has 0 aromatic rings. The lowest BCUT2D eigenvalue weighted by atomic mass is 10.2. The number of ether oxygens (including phenoxy) is 1. The first kappa shape index (κ1) is 10.5. The number of hydrogen-bond donors (Lipinski definition) is 1. The van der Waals surface area contributed by atoms with Crippen molar-refractivity contribution in [3.05, 3.63) is 0 Å². The quantitative estimate of drug-likeness (QED) is 0.701. The smallest absolute Gasteiger partial charge is 0.217 e. The van der Waals surface area contributed by atoms with E-state index in [-0.39, 0.29) is 11.4 Å². The Morgan fingerprint density at radius 3 is 2.54 bits per heavy atom. The van der Waals surface area contributed by atoms with E-state index in [1.165, 1.54) is 0 Å². The molecular weight excluding hydrogens is 166 g/mol. The summed E-state index contributed by atoms with van der Waals surface area (Å²) in [5, 5.41) is 2.94. The first-order valence-electron chi connectivity index (χ1n) is 4.91. The van der Waals surface area contributed by atoms with Crippen LogP contribution >= 0.6 is 0 Å². The molecule has 1 aliphatic carbocycles. The average Bonchev–Trinajstić information content (AvgIpc) is 2.66. The molecule has 0 atom stereocenters. The lowest BCUT2D eigenvalue weighted by Gasteiger charge is -2.17. The Kier molecular flexibility index (Phi) is 3.31. The van der Waals surface area contributed by atoms with Crippen LogP contribution in [0.15, 0.2) is 0 Å². The van der Waals surface area contributed by atoms with Gasteiger partial charge in [-0.05, 0) is 18.8 Å². The van der Waals surface area contributed by atoms with Gasteiger partial charge in [0.15, 0.2) is 0 Å². The minimum Gasteiger partial charge on any atom is -0.379 e. The molecule has 1 amide bonds. The number of amides is 1. The molecule has 1 N–H and O–H groups in total. The van der Waals surface area contributed by atoms with E-state index in [0.29, 0.717) is 12.5 Å². The summed E-state index contributed by atoms with van der Waals surface area (Å²) in [7, 11) is 0. The predicted octanol–water partition coefficient (Wildman–Crippen LogP) is 1.33. The van der Waals surface area contributed by atoms with Crippen LogP contribution in [0.25, 0.3) is 0 Å². The lowest BCUT2D eigenvalue weighted by Crippen LogP contribution is -2.39. The van der Waals surface area contributed by atoms with Gasteiger partial charge in [-0.3, -0.25) is 4.79 Å². The Hall–Kier alpha value is -0.570. The molecule has 1 saturated carbocycles. The molecule has 1 aliphatic rings. The normalized spacial score (nSPS) is 18.8. The van der Waals surface area contributed by atoms with Crippen molar-refractivity contribution in [2.75, 3.05) is 13.2 Å². The molecule has 0 aromatic heterocycles. The van der Waals surface area contributed by atoms with Gasteiger partial charge in [-0.2, -0.15) is 0 Å². The highest BCUT2D eigenvalue weighted by atomic mass is 16.5. The molecule has 3 nitrogen and oxygen atoms in total. The van der Waals surface area contributed by atoms with E-state index in [1.807, 2.05) is 0 Å². The van der Waals surface area contributed by atoms with E-state index in [4.69, 9.17) is 4.74 Å². The fraction of sp³-hybridized carbons (Fsp3) is 0.900. The molecule has 3 heteroatoms. The largest absolute Gasteiger partial charge is 0.379 e. The van der Waals surface area contributed by atoms with Crippen molar-refractivity contribution in [1.82, 2.24) is 5.32 Å². The highest BCUT2D eigenvalue weighted by Crippen LogP contribution is 2.35. The van der Waals surface area contributed by atoms with Gasteiger partial charge in [-0.25, -0.2) is 0 Å². The van der Waals surface area contributed by atoms with Gasteiger partial charge in [0.2, 0.25) is 5.91 Å². The molecule has 0 heterocycles. The Morgan fingerprint density at radius 2 is 2.15 bits per heavy atom. The first-order valence-corrected chi connectivity index (χ1v) is 4.91. The second kappa shape index (κ2) is 4.09. The van der Waals surface area contributed by atoms with E-state index in [9.17, 15) is 4.79 Å². The molecule has 0 saturated heterocycles. The fourth-order valence-corrected chi connectivity index (χ4v) is 1.32. The van der Waals surface area contributed by atoms with Crippen molar-refractivity contribution in [3.8, 4) is 0 Å². The van der Waals surface area contributed by atoms with Crippen LogP contribution in [0.5, 0.6) is 0 Å². The van der Waals surface area contributed by atoms with Gasteiger partial charge in [-0.15, -0.1) is 0 Å². The monoisotopic (exact) mass is 185 g/mol. The zero-order valence-corrected chi connectivity index (χ0v) is 8.72. The van der Waals surface area contributed by atoms with E-state index < -0.39 is 0 Å². The van der Waals surface area contributed by atoms with Crippen LogP contribution in [0.2, 0.25) is 0 Å². The third-order valence-corrected chi connectivity index (χ3v) is 2.12. The molecule has 13 heavy (non-hydrogen) atoms. The van der Waals surface area contributed by atoms with E-state index in [2.05, 4.69) is 19.2 Å². The molecule has 1 rings (SSSR count). The average molecular weight is 185 g/mol. The second-order valence-corrected chi connectivity index (χ2v) is 4.37. The summed E-state index contributed by atoms with van der Waals surface area (Å²) in [6.45, 7) is 7.25. The fourth-order valence-electron chi connectivity index (χ4n) is 1.32. The van der Waals surface area contributed by atoms with Gasteiger partial charge < -0.3 is 10.1 Å². The van der Waals surface area contributed by atoms with Crippen LogP contribution in [0.4, 0.5) is 0 Å². The predicted molar refractivity (Wildman–Crippen MR) is 51.4 cm³/mol. The van der Waals surface area contributed by atoms with Crippen LogP contribution in [0.3, 0.4) is 0 Å². The molecule has 0 radical (unpaired) electrons. The van der Waals surface area contributed by atoms with Crippen molar-refractivity contribution < 1.29 is 9.53 Å². The summed E-state index contributed by atoms with van der Waals surface area (Å²) in [5.74, 6) is 0.610. The number of hydrogen-bond acceptors (Lipinski definition) is 2. The van der Waals surface area contributed by atoms with Crippen LogP contribution in [0.1, 0.15) is 33.6 Å². The summed E-state index contributed by atoms with van der Waals surface area (Å²) in [6.07, 6.45) is 2.12. The second-order valence-electron chi connectivity index (χ2n) is 4.37. The Morgan fingerprint density at radius 1 is 1.54 bits per heavy atom. The van der Waals surface area contributed by atoms with Gasteiger partial charge in [0, 0.05) is 13.5 Å². The highest BCUT2D eigenvalue weighted by molar-refractivity contribution is 5.74. The van der Waals surface area contributed by atoms with Crippen molar-refractivity contribution in [2.24, 2.45) is 5.92 Å². The lowest BCUT2D eigenvalue weighted by molar-refractivity contribution is -0.120. The Balaban J connectivity index is 2.16. The maximum Gasteiger partial charge on any atom is 0.217 e. The molecule has 0 aliphatic heterocycles. The van der Waals surface area contributed by atoms with Gasteiger partial charge >= 0.3 is 0 Å². The van der Waals surface area contributed by atoms with Crippen LogP contribution in [-0.2, 0) is 9.53 Å². The third-order valence-electron chi connectivity index (χ3n) is 2.12. The Labute approximate surface area is 79.8 Å². The van der Waals surface area contributed by atoms with Gasteiger partial charge in [0.25, 0.3) is 0 Å². The number of carbonyl (C=O) groups is 1. The summed E-state index contributed by atoms with van der Waals surface area (Å²) in [5.41, 5.74) is -0.0132. The zero-order valence-electron chi connectivity index (χ0n) is 8.72. The number of carbonyl (C=O) groups excluding carboxylic acids is 1. The number of rotatable bonds is 5. The summed E-state index contributed by atoms with van der Waals surface area (Å²) in [6, 6.07) is 0. The number of nitrogens with one attached hydrogen (secondary N) is 1. The van der Waals surface area contributed by atoms with E-state index >= 15 is 0 Å². The molecule has 1 fully saturated rings. The van der Waals surface area contributed by atoms with Crippen molar-refractivity contribution >= 4 is 5.91 Å². The van der Waals surface area contributed by atoms with Crippen molar-refractivity contribution in [3.63, 3.8) is 0 Å². The molecular formula is C10H19NO2. The first-order chi connectivity index (χ1) is 6.04. The summed E-state index contributed by atoms with van der Waals surface area (Å²) < 4.78 is 5.51. The van der Waals surface area contributed by atoms with Gasteiger partial charge in [0.05, 0.1) is 12.1 Å². The molecule has 0 aromatic carbocycles. The Bertz CT molecular complexity index is 185. The molecule has 76 valence electrons. The van der Waals surface area contributed by atoms with Crippen molar-refractivity contribution in [1.29, 1.82) is 0 Å². The SMILES string of the molecule is CC(=O)NC1(COCC(C)C)CC1. The van der Waals surface area contributed by atoms with E-state index in [1.54, 1.807) is 6.92 Å². The molecule has 0 spiro atoms. The van der Waals surface area contributed by atoms with Crippen LogP contribution in [-0.4, -0.2) is 24.7 Å².